The molecule has 0 amide bonds. The molecule has 0 aliphatic heterocycles. The van der Waals surface area contributed by atoms with E-state index in [4.69, 9.17) is 4.74 Å². The van der Waals surface area contributed by atoms with Crippen LogP contribution in [0.1, 0.15) is 31.3 Å². The van der Waals surface area contributed by atoms with Gasteiger partial charge in [-0.15, -0.1) is 5.10 Å². The van der Waals surface area contributed by atoms with Crippen LogP contribution in [0.25, 0.3) is 11.4 Å². The third kappa shape index (κ3) is 2.71. The molecule has 2 aromatic rings. The third-order valence-electron chi connectivity index (χ3n) is 2.80. The Balaban J connectivity index is 2.51. The van der Waals surface area contributed by atoms with Crippen LogP contribution in [0.5, 0.6) is 0 Å². The van der Waals surface area contributed by atoms with Gasteiger partial charge < -0.3 is 9.30 Å². The average Bonchev–Trinajstić information content (AvgIpc) is 2.95. The van der Waals surface area contributed by atoms with E-state index in [9.17, 15) is 4.79 Å². The number of aryl methyl sites for hydroxylation is 1. The molecule has 0 fully saturated rings. The first-order valence-electron chi connectivity index (χ1n) is 6.61. The summed E-state index contributed by atoms with van der Waals surface area (Å²) in [7, 11) is 1.87. The van der Waals surface area contributed by atoms with Crippen LogP contribution in [-0.4, -0.2) is 37.1 Å². The first kappa shape index (κ1) is 14.2. The molecule has 108 valence electrons. The van der Waals surface area contributed by atoms with Crippen LogP contribution < -0.4 is 0 Å². The molecule has 0 atom stereocenters. The Morgan fingerprint density at radius 1 is 1.45 bits per heavy atom. The summed E-state index contributed by atoms with van der Waals surface area (Å²) in [4.78, 5) is 16.1. The Kier molecular flexibility index (Phi) is 4.16. The van der Waals surface area contributed by atoms with Crippen molar-refractivity contribution in [1.82, 2.24) is 24.5 Å². The van der Waals surface area contributed by atoms with Crippen molar-refractivity contribution in [2.75, 3.05) is 6.61 Å². The maximum absolute atomic E-state index is 12.0. The van der Waals surface area contributed by atoms with Crippen molar-refractivity contribution in [3.05, 3.63) is 18.2 Å². The van der Waals surface area contributed by atoms with Gasteiger partial charge in [-0.05, 0) is 12.8 Å². The van der Waals surface area contributed by atoms with Gasteiger partial charge in [-0.2, -0.15) is 0 Å². The lowest BCUT2D eigenvalue weighted by molar-refractivity contribution is 0.0520. The maximum Gasteiger partial charge on any atom is 0.361 e. The number of hydrogen-bond donors (Lipinski definition) is 0. The van der Waals surface area contributed by atoms with Gasteiger partial charge in [0.25, 0.3) is 0 Å². The molecule has 2 rings (SSSR count). The Morgan fingerprint density at radius 3 is 2.75 bits per heavy atom. The summed E-state index contributed by atoms with van der Waals surface area (Å²) >= 11 is 0. The number of carbonyl (C=O) groups excluding carboxylic acids is 1. The molecule has 0 aromatic carbocycles. The van der Waals surface area contributed by atoms with Gasteiger partial charge in [0, 0.05) is 13.6 Å². The lowest BCUT2D eigenvalue weighted by atomic mass is 10.2. The number of carbonyl (C=O) groups is 1. The van der Waals surface area contributed by atoms with Gasteiger partial charge in [0.2, 0.25) is 0 Å². The van der Waals surface area contributed by atoms with Crippen LogP contribution >= 0.6 is 0 Å². The number of rotatable bonds is 5. The van der Waals surface area contributed by atoms with Crippen molar-refractivity contribution < 1.29 is 9.53 Å². The van der Waals surface area contributed by atoms with E-state index >= 15 is 0 Å². The lowest BCUT2D eigenvalue weighted by Gasteiger charge is -2.10. The van der Waals surface area contributed by atoms with Crippen LogP contribution in [0.2, 0.25) is 0 Å². The Bertz CT molecular complexity index is 600. The monoisotopic (exact) mass is 277 g/mol. The lowest BCUT2D eigenvalue weighted by Crippen LogP contribution is -2.12. The molecule has 7 heteroatoms. The van der Waals surface area contributed by atoms with Gasteiger partial charge in [-0.3, -0.25) is 0 Å². The Hall–Kier alpha value is -2.18. The molecule has 0 unspecified atom stereocenters. The minimum absolute atomic E-state index is 0.233. The fourth-order valence-electron chi connectivity index (χ4n) is 1.96. The first-order chi connectivity index (χ1) is 9.54. The standard InChI is InChI=1S/C13H19N5O2/c1-5-20-13(19)11-12(10-6-14-8-17(10)4)18(16-15-11)7-9(2)3/h6,8-9H,5,7H2,1-4H3. The molecule has 0 saturated heterocycles. The molecule has 0 saturated carbocycles. The van der Waals surface area contributed by atoms with E-state index in [2.05, 4.69) is 29.1 Å². The highest BCUT2D eigenvalue weighted by molar-refractivity contribution is 5.93. The van der Waals surface area contributed by atoms with Gasteiger partial charge in [-0.1, -0.05) is 19.1 Å². The zero-order chi connectivity index (χ0) is 14.7. The van der Waals surface area contributed by atoms with Crippen LogP contribution in [0.4, 0.5) is 0 Å². The zero-order valence-electron chi connectivity index (χ0n) is 12.2. The van der Waals surface area contributed by atoms with Gasteiger partial charge in [0.1, 0.15) is 5.69 Å². The number of esters is 1. The highest BCUT2D eigenvalue weighted by atomic mass is 16.5. The van der Waals surface area contributed by atoms with Gasteiger partial charge in [0.05, 0.1) is 24.8 Å². The normalized spacial score (nSPS) is 11.1. The second kappa shape index (κ2) is 5.85. The predicted octanol–water partition coefficient (Wildman–Crippen LogP) is 1.51. The molecular weight excluding hydrogens is 258 g/mol. The van der Waals surface area contributed by atoms with E-state index in [1.807, 2.05) is 11.6 Å². The molecule has 0 aliphatic rings. The summed E-state index contributed by atoms with van der Waals surface area (Å²) in [5.41, 5.74) is 1.67. The minimum atomic E-state index is -0.460. The molecule has 0 spiro atoms. The van der Waals surface area contributed by atoms with E-state index < -0.39 is 5.97 Å². The average molecular weight is 277 g/mol. The van der Waals surface area contributed by atoms with E-state index in [0.29, 0.717) is 24.8 Å². The van der Waals surface area contributed by atoms with Crippen LogP contribution in [-0.2, 0) is 18.3 Å². The maximum atomic E-state index is 12.0. The summed E-state index contributed by atoms with van der Waals surface area (Å²) in [5, 5.41) is 8.06. The molecular formula is C13H19N5O2. The largest absolute Gasteiger partial charge is 0.461 e. The summed E-state index contributed by atoms with van der Waals surface area (Å²) in [5.74, 6) is -0.0718. The van der Waals surface area contributed by atoms with Crippen molar-refractivity contribution in [2.45, 2.75) is 27.3 Å². The minimum Gasteiger partial charge on any atom is -0.461 e. The van der Waals surface area contributed by atoms with Gasteiger partial charge >= 0.3 is 5.97 Å². The molecule has 2 aromatic heterocycles. The van der Waals surface area contributed by atoms with Crippen LogP contribution in [0.15, 0.2) is 12.5 Å². The van der Waals surface area contributed by atoms with Crippen LogP contribution in [0.3, 0.4) is 0 Å². The fourth-order valence-corrected chi connectivity index (χ4v) is 1.96. The van der Waals surface area contributed by atoms with E-state index in [1.165, 1.54) is 0 Å². The van der Waals surface area contributed by atoms with Gasteiger partial charge in [0.15, 0.2) is 5.69 Å². The number of ether oxygens (including phenoxy) is 1. The van der Waals surface area contributed by atoms with Crippen LogP contribution in [0, 0.1) is 5.92 Å². The van der Waals surface area contributed by atoms with Crippen molar-refractivity contribution in [3.63, 3.8) is 0 Å². The summed E-state index contributed by atoms with van der Waals surface area (Å²) < 4.78 is 8.60. The topological polar surface area (TPSA) is 74.8 Å². The van der Waals surface area contributed by atoms with Crippen molar-refractivity contribution in [2.24, 2.45) is 13.0 Å². The number of imidazole rings is 1. The summed E-state index contributed by atoms with van der Waals surface area (Å²) in [6, 6.07) is 0. The molecule has 20 heavy (non-hydrogen) atoms. The quantitative estimate of drug-likeness (QED) is 0.774. The zero-order valence-corrected chi connectivity index (χ0v) is 12.2. The Morgan fingerprint density at radius 2 is 2.20 bits per heavy atom. The molecule has 0 N–H and O–H groups in total. The van der Waals surface area contributed by atoms with Crippen molar-refractivity contribution in [3.8, 4) is 11.4 Å². The van der Waals surface area contributed by atoms with Crippen molar-refractivity contribution in [1.29, 1.82) is 0 Å². The SMILES string of the molecule is CCOC(=O)c1nnn(CC(C)C)c1-c1cncn1C. The highest BCUT2D eigenvalue weighted by Gasteiger charge is 2.24. The predicted molar refractivity (Wildman–Crippen MR) is 73.0 cm³/mol. The fraction of sp³-hybridized carbons (Fsp3) is 0.538. The van der Waals surface area contributed by atoms with E-state index in [1.54, 1.807) is 24.1 Å². The summed E-state index contributed by atoms with van der Waals surface area (Å²) in [6.45, 7) is 6.91. The smallest absolute Gasteiger partial charge is 0.361 e. The second-order valence-electron chi connectivity index (χ2n) is 4.97. The van der Waals surface area contributed by atoms with E-state index in [-0.39, 0.29) is 5.69 Å². The molecule has 0 radical (unpaired) electrons. The molecule has 0 aliphatic carbocycles. The van der Waals surface area contributed by atoms with E-state index in [0.717, 1.165) is 5.69 Å². The highest BCUT2D eigenvalue weighted by Crippen LogP contribution is 2.23. The molecule has 0 bridgehead atoms. The molecule has 7 nitrogen and oxygen atoms in total. The number of nitrogens with zero attached hydrogens (tertiary/aromatic N) is 5. The van der Waals surface area contributed by atoms with Gasteiger partial charge in [-0.25, -0.2) is 14.5 Å². The number of hydrogen-bond acceptors (Lipinski definition) is 5. The molecule has 2 heterocycles. The summed E-state index contributed by atoms with van der Waals surface area (Å²) in [6.07, 6.45) is 3.37. The third-order valence-corrected chi connectivity index (χ3v) is 2.80. The second-order valence-corrected chi connectivity index (χ2v) is 4.97. The first-order valence-corrected chi connectivity index (χ1v) is 6.61. The Labute approximate surface area is 117 Å². The van der Waals surface area contributed by atoms with Crippen molar-refractivity contribution >= 4 is 5.97 Å². The number of aromatic nitrogens is 5.